The average Bonchev–Trinajstić information content (AvgIpc) is 2.56. The molecule has 5 nitrogen and oxygen atoms in total. The van der Waals surface area contributed by atoms with Gasteiger partial charge in [0.1, 0.15) is 0 Å². The number of ether oxygens (including phenoxy) is 1. The molecule has 0 fully saturated rings. The molecule has 6 heteroatoms. The summed E-state index contributed by atoms with van der Waals surface area (Å²) in [7, 11) is -0.657. The molecular formula is C20H35NO4Si. The molecule has 1 aromatic carbocycles. The molecule has 1 amide bonds. The summed E-state index contributed by atoms with van der Waals surface area (Å²) in [5, 5.41) is 12.5. The molecule has 0 saturated heterocycles. The van der Waals surface area contributed by atoms with Crippen LogP contribution in [0.3, 0.4) is 0 Å². The van der Waals surface area contributed by atoms with Gasteiger partial charge in [-0.05, 0) is 47.2 Å². The highest BCUT2D eigenvalue weighted by Gasteiger charge is 2.48. The van der Waals surface area contributed by atoms with Gasteiger partial charge in [-0.2, -0.15) is 0 Å². The summed E-state index contributed by atoms with van der Waals surface area (Å²) in [5.41, 5.74) is 2.18. The first kappa shape index (κ1) is 22.3. The summed E-state index contributed by atoms with van der Waals surface area (Å²) in [6, 6.07) is 5.32. The van der Waals surface area contributed by atoms with Crippen molar-refractivity contribution >= 4 is 14.4 Å². The molecule has 0 heterocycles. The van der Waals surface area contributed by atoms with E-state index in [0.29, 0.717) is 28.9 Å². The summed E-state index contributed by atoms with van der Waals surface area (Å²) in [6.45, 7) is 13.5. The topological polar surface area (TPSA) is 67.8 Å². The number of nitrogens with one attached hydrogen (secondary N) is 1. The lowest BCUT2D eigenvalue weighted by molar-refractivity contribution is 0.193. The molecule has 0 unspecified atom stereocenters. The number of hydrogen-bond donors (Lipinski definition) is 2. The molecule has 26 heavy (non-hydrogen) atoms. The normalized spacial score (nSPS) is 11.9. The summed E-state index contributed by atoms with van der Waals surface area (Å²) in [6.07, 6.45) is 1.29. The first-order valence-corrected chi connectivity index (χ1v) is 11.6. The van der Waals surface area contributed by atoms with E-state index < -0.39 is 8.32 Å². The fraction of sp³-hybridized carbons (Fsp3) is 0.650. The Labute approximate surface area is 159 Å². The standard InChI is InChI=1S/C20H35NO4Si/c1-14(2)26(15(3)4,16(5)6)25-20(23)21-12-8-9-17-10-11-18(22)19(13-17)24-7/h10-11,13-16,22H,8-9,12H2,1-7H3,(H,21,23). The van der Waals surface area contributed by atoms with E-state index in [1.165, 1.54) is 7.11 Å². The molecular weight excluding hydrogens is 346 g/mol. The third-order valence-electron chi connectivity index (χ3n) is 5.13. The number of amides is 1. The van der Waals surface area contributed by atoms with E-state index in [4.69, 9.17) is 9.16 Å². The van der Waals surface area contributed by atoms with Crippen molar-refractivity contribution in [2.45, 2.75) is 71.0 Å². The Kier molecular flexibility index (Phi) is 8.47. The molecule has 0 bridgehead atoms. The lowest BCUT2D eigenvalue weighted by atomic mass is 10.1. The third-order valence-corrected chi connectivity index (χ3v) is 11.1. The van der Waals surface area contributed by atoms with Gasteiger partial charge >= 0.3 is 6.09 Å². The van der Waals surface area contributed by atoms with Crippen molar-refractivity contribution in [3.05, 3.63) is 23.8 Å². The van der Waals surface area contributed by atoms with E-state index in [9.17, 15) is 9.90 Å². The maximum atomic E-state index is 12.4. The SMILES string of the molecule is COc1cc(CCCNC(=O)O[Si](C(C)C)(C(C)C)C(C)C)ccc1O. The number of carbonyl (C=O) groups excluding carboxylic acids is 1. The van der Waals surface area contributed by atoms with Crippen LogP contribution in [0.2, 0.25) is 16.6 Å². The average molecular weight is 382 g/mol. The molecule has 1 aromatic rings. The summed E-state index contributed by atoms with van der Waals surface area (Å²) in [4.78, 5) is 12.4. The number of carbonyl (C=O) groups is 1. The maximum Gasteiger partial charge on any atom is 0.393 e. The molecule has 0 aliphatic heterocycles. The highest BCUT2D eigenvalue weighted by atomic mass is 28.4. The lowest BCUT2D eigenvalue weighted by Crippen LogP contribution is -2.51. The van der Waals surface area contributed by atoms with Gasteiger partial charge in [0, 0.05) is 6.54 Å². The van der Waals surface area contributed by atoms with Crippen molar-refractivity contribution in [1.29, 1.82) is 0 Å². The van der Waals surface area contributed by atoms with Crippen molar-refractivity contribution < 1.29 is 19.1 Å². The first-order chi connectivity index (χ1) is 12.1. The van der Waals surface area contributed by atoms with Crippen LogP contribution in [-0.4, -0.2) is 33.2 Å². The van der Waals surface area contributed by atoms with Crippen molar-refractivity contribution in [2.24, 2.45) is 0 Å². The van der Waals surface area contributed by atoms with E-state index >= 15 is 0 Å². The second-order valence-corrected chi connectivity index (χ2v) is 13.1. The molecule has 0 spiro atoms. The van der Waals surface area contributed by atoms with E-state index in [1.54, 1.807) is 6.07 Å². The van der Waals surface area contributed by atoms with Crippen LogP contribution in [0.15, 0.2) is 18.2 Å². The maximum absolute atomic E-state index is 12.4. The van der Waals surface area contributed by atoms with Crippen molar-refractivity contribution in [2.75, 3.05) is 13.7 Å². The van der Waals surface area contributed by atoms with E-state index in [0.717, 1.165) is 18.4 Å². The molecule has 0 saturated carbocycles. The highest BCUT2D eigenvalue weighted by molar-refractivity contribution is 6.78. The first-order valence-electron chi connectivity index (χ1n) is 9.47. The molecule has 0 aromatic heterocycles. The Morgan fingerprint density at radius 1 is 1.12 bits per heavy atom. The smallest absolute Gasteiger partial charge is 0.393 e. The van der Waals surface area contributed by atoms with Gasteiger partial charge < -0.3 is 19.6 Å². The second-order valence-electron chi connectivity index (χ2n) is 7.74. The van der Waals surface area contributed by atoms with Gasteiger partial charge in [-0.15, -0.1) is 0 Å². The minimum Gasteiger partial charge on any atom is -0.504 e. The van der Waals surface area contributed by atoms with Crippen LogP contribution in [0, 0.1) is 0 Å². The fourth-order valence-electron chi connectivity index (χ4n) is 3.91. The van der Waals surface area contributed by atoms with Gasteiger partial charge in [0.15, 0.2) is 11.5 Å². The van der Waals surface area contributed by atoms with Crippen LogP contribution in [0.5, 0.6) is 11.5 Å². The quantitative estimate of drug-likeness (QED) is 0.454. The van der Waals surface area contributed by atoms with Crippen molar-refractivity contribution in [1.82, 2.24) is 5.32 Å². The van der Waals surface area contributed by atoms with Gasteiger partial charge in [-0.3, -0.25) is 0 Å². The van der Waals surface area contributed by atoms with Gasteiger partial charge in [-0.1, -0.05) is 47.6 Å². The molecule has 0 atom stereocenters. The molecule has 0 aliphatic rings. The number of aromatic hydroxyl groups is 1. The van der Waals surface area contributed by atoms with Crippen LogP contribution in [0.4, 0.5) is 4.79 Å². The minimum absolute atomic E-state index is 0.135. The molecule has 148 valence electrons. The number of rotatable bonds is 9. The van der Waals surface area contributed by atoms with E-state index in [1.807, 2.05) is 12.1 Å². The summed E-state index contributed by atoms with van der Waals surface area (Å²) in [5.74, 6) is 0.603. The Morgan fingerprint density at radius 2 is 1.69 bits per heavy atom. The van der Waals surface area contributed by atoms with E-state index in [-0.39, 0.29) is 11.8 Å². The predicted octanol–water partition coefficient (Wildman–Crippen LogP) is 5.24. The van der Waals surface area contributed by atoms with Gasteiger partial charge in [0.25, 0.3) is 8.32 Å². The van der Waals surface area contributed by atoms with Crippen molar-refractivity contribution in [3.8, 4) is 11.5 Å². The van der Waals surface area contributed by atoms with Crippen LogP contribution >= 0.6 is 0 Å². The van der Waals surface area contributed by atoms with Crippen LogP contribution < -0.4 is 10.1 Å². The Balaban J connectivity index is 2.56. The van der Waals surface area contributed by atoms with Crippen molar-refractivity contribution in [3.63, 3.8) is 0 Å². The highest BCUT2D eigenvalue weighted by Crippen LogP contribution is 2.42. The fourth-order valence-corrected chi connectivity index (χ4v) is 9.01. The zero-order valence-electron chi connectivity index (χ0n) is 17.3. The molecule has 1 rings (SSSR count). The summed E-state index contributed by atoms with van der Waals surface area (Å²) < 4.78 is 11.2. The lowest BCUT2D eigenvalue weighted by Gasteiger charge is -2.41. The second kappa shape index (κ2) is 9.85. The molecule has 0 radical (unpaired) electrons. The number of aryl methyl sites for hydroxylation is 1. The monoisotopic (exact) mass is 381 g/mol. The largest absolute Gasteiger partial charge is 0.504 e. The zero-order valence-corrected chi connectivity index (χ0v) is 18.3. The number of hydrogen-bond acceptors (Lipinski definition) is 4. The molecule has 0 aliphatic carbocycles. The van der Waals surface area contributed by atoms with Gasteiger partial charge in [-0.25, -0.2) is 4.79 Å². The Hall–Kier alpha value is -1.69. The van der Waals surface area contributed by atoms with Crippen LogP contribution in [0.25, 0.3) is 0 Å². The predicted molar refractivity (Wildman–Crippen MR) is 109 cm³/mol. The van der Waals surface area contributed by atoms with Gasteiger partial charge in [0.05, 0.1) is 7.11 Å². The van der Waals surface area contributed by atoms with Crippen LogP contribution in [-0.2, 0) is 10.8 Å². The summed E-state index contributed by atoms with van der Waals surface area (Å²) >= 11 is 0. The molecule has 2 N–H and O–H groups in total. The third kappa shape index (κ3) is 5.40. The Bertz CT molecular complexity index is 565. The van der Waals surface area contributed by atoms with Gasteiger partial charge in [0.2, 0.25) is 0 Å². The minimum atomic E-state index is -2.19. The van der Waals surface area contributed by atoms with Crippen LogP contribution in [0.1, 0.15) is 53.5 Å². The number of phenols is 1. The number of methoxy groups -OCH3 is 1. The Morgan fingerprint density at radius 3 is 2.19 bits per heavy atom. The van der Waals surface area contributed by atoms with E-state index in [2.05, 4.69) is 46.9 Å². The number of phenolic OH excluding ortho intramolecular Hbond substituents is 1. The zero-order chi connectivity index (χ0) is 19.9. The number of benzene rings is 1.